The van der Waals surface area contributed by atoms with Crippen LogP contribution in [-0.2, 0) is 4.79 Å². The fourth-order valence-electron chi connectivity index (χ4n) is 3.70. The summed E-state index contributed by atoms with van der Waals surface area (Å²) in [6.07, 6.45) is 7.15. The second-order valence-corrected chi connectivity index (χ2v) is 6.29. The monoisotopic (exact) mass is 303 g/mol. The van der Waals surface area contributed by atoms with E-state index in [-0.39, 0.29) is 12.4 Å². The number of carbonyl (C=O) groups is 1. The lowest BCUT2D eigenvalue weighted by molar-refractivity contribution is -0.139. The van der Waals surface area contributed by atoms with Gasteiger partial charge in [-0.05, 0) is 52.5 Å². The molecular formula is C15H30ClN3O. The predicted octanol–water partition coefficient (Wildman–Crippen LogP) is 2.01. The predicted molar refractivity (Wildman–Crippen MR) is 85.1 cm³/mol. The van der Waals surface area contributed by atoms with Crippen LogP contribution in [0.1, 0.15) is 52.4 Å². The summed E-state index contributed by atoms with van der Waals surface area (Å²) in [5.74, 6) is 0.306. The van der Waals surface area contributed by atoms with E-state index < -0.39 is 0 Å². The summed E-state index contributed by atoms with van der Waals surface area (Å²) in [5.41, 5.74) is 5.84. The van der Waals surface area contributed by atoms with Gasteiger partial charge in [-0.1, -0.05) is 6.42 Å². The van der Waals surface area contributed by atoms with Gasteiger partial charge in [-0.2, -0.15) is 0 Å². The molecule has 3 unspecified atom stereocenters. The average Bonchev–Trinajstić information content (AvgIpc) is 2.39. The number of nitrogens with two attached hydrogens (primary N) is 1. The fraction of sp³-hybridized carbons (Fsp3) is 0.933. The minimum atomic E-state index is 0. The van der Waals surface area contributed by atoms with Crippen molar-refractivity contribution in [2.75, 3.05) is 19.6 Å². The van der Waals surface area contributed by atoms with E-state index >= 15 is 0 Å². The van der Waals surface area contributed by atoms with Gasteiger partial charge in [0.2, 0.25) is 5.91 Å². The molecule has 0 aromatic carbocycles. The van der Waals surface area contributed by atoms with Gasteiger partial charge >= 0.3 is 0 Å². The molecule has 2 fully saturated rings. The first-order chi connectivity index (χ1) is 9.13. The molecule has 0 spiro atoms. The summed E-state index contributed by atoms with van der Waals surface area (Å²) in [6.45, 7) is 6.65. The quantitative estimate of drug-likeness (QED) is 0.868. The molecule has 20 heavy (non-hydrogen) atoms. The van der Waals surface area contributed by atoms with Crippen LogP contribution in [0, 0.1) is 0 Å². The summed E-state index contributed by atoms with van der Waals surface area (Å²) < 4.78 is 0. The number of halogens is 1. The highest BCUT2D eigenvalue weighted by Crippen LogP contribution is 2.23. The molecule has 2 rings (SSSR count). The van der Waals surface area contributed by atoms with Crippen molar-refractivity contribution in [2.24, 2.45) is 5.73 Å². The molecule has 1 amide bonds. The Hall–Kier alpha value is -0.320. The van der Waals surface area contributed by atoms with E-state index in [1.807, 2.05) is 0 Å². The molecular weight excluding hydrogens is 274 g/mol. The first-order valence-corrected chi connectivity index (χ1v) is 7.88. The number of carbonyl (C=O) groups excluding carboxylic acids is 1. The van der Waals surface area contributed by atoms with Crippen LogP contribution in [-0.4, -0.2) is 53.5 Å². The van der Waals surface area contributed by atoms with Gasteiger partial charge < -0.3 is 10.6 Å². The number of amides is 1. The van der Waals surface area contributed by atoms with Gasteiger partial charge in [0.05, 0.1) is 6.54 Å². The number of rotatable bonds is 3. The fourth-order valence-corrected chi connectivity index (χ4v) is 3.70. The molecule has 0 aromatic rings. The Kier molecular flexibility index (Phi) is 7.27. The summed E-state index contributed by atoms with van der Waals surface area (Å²) in [7, 11) is 0. The third-order valence-corrected chi connectivity index (χ3v) is 4.84. The van der Waals surface area contributed by atoms with E-state index in [0.29, 0.717) is 37.1 Å². The molecule has 2 saturated heterocycles. The molecule has 0 aromatic heterocycles. The van der Waals surface area contributed by atoms with Crippen molar-refractivity contribution < 1.29 is 4.79 Å². The van der Waals surface area contributed by atoms with E-state index in [1.54, 1.807) is 0 Å². The van der Waals surface area contributed by atoms with Crippen molar-refractivity contribution in [3.63, 3.8) is 0 Å². The van der Waals surface area contributed by atoms with Crippen LogP contribution in [0.5, 0.6) is 0 Å². The van der Waals surface area contributed by atoms with Crippen LogP contribution in [0.15, 0.2) is 0 Å². The average molecular weight is 304 g/mol. The van der Waals surface area contributed by atoms with Gasteiger partial charge in [-0.25, -0.2) is 0 Å². The molecule has 0 bridgehead atoms. The van der Waals surface area contributed by atoms with Crippen LogP contribution in [0.3, 0.4) is 0 Å². The summed E-state index contributed by atoms with van der Waals surface area (Å²) in [5, 5.41) is 0. The molecule has 2 aliphatic heterocycles. The largest absolute Gasteiger partial charge is 0.336 e. The van der Waals surface area contributed by atoms with Crippen molar-refractivity contribution in [3.8, 4) is 0 Å². The van der Waals surface area contributed by atoms with E-state index in [2.05, 4.69) is 23.6 Å². The van der Waals surface area contributed by atoms with Gasteiger partial charge in [0.25, 0.3) is 0 Å². The van der Waals surface area contributed by atoms with E-state index in [0.717, 1.165) is 25.8 Å². The molecule has 2 heterocycles. The Morgan fingerprint density at radius 2 is 1.75 bits per heavy atom. The van der Waals surface area contributed by atoms with Crippen molar-refractivity contribution in [1.82, 2.24) is 9.80 Å². The van der Waals surface area contributed by atoms with Crippen molar-refractivity contribution in [2.45, 2.75) is 70.5 Å². The third-order valence-electron chi connectivity index (χ3n) is 4.84. The Morgan fingerprint density at radius 1 is 1.10 bits per heavy atom. The van der Waals surface area contributed by atoms with E-state index in [1.165, 1.54) is 19.3 Å². The number of hydrogen-bond acceptors (Lipinski definition) is 3. The zero-order valence-electron chi connectivity index (χ0n) is 12.9. The Bertz CT molecular complexity index is 303. The summed E-state index contributed by atoms with van der Waals surface area (Å²) in [6, 6.07) is 1.21. The lowest BCUT2D eigenvalue weighted by atomic mass is 9.97. The lowest BCUT2D eigenvalue weighted by Gasteiger charge is -2.42. The zero-order valence-corrected chi connectivity index (χ0v) is 13.7. The maximum absolute atomic E-state index is 12.6. The summed E-state index contributed by atoms with van der Waals surface area (Å²) >= 11 is 0. The first-order valence-electron chi connectivity index (χ1n) is 7.88. The van der Waals surface area contributed by atoms with Crippen LogP contribution in [0.2, 0.25) is 0 Å². The molecule has 118 valence electrons. The molecule has 0 saturated carbocycles. The smallest absolute Gasteiger partial charge is 0.237 e. The normalized spacial score (nSPS) is 31.8. The molecule has 2 N–H and O–H groups in total. The molecule has 0 aliphatic carbocycles. The first kappa shape index (κ1) is 17.7. The number of hydrogen-bond donors (Lipinski definition) is 1. The van der Waals surface area contributed by atoms with Crippen molar-refractivity contribution in [3.05, 3.63) is 0 Å². The van der Waals surface area contributed by atoms with Crippen LogP contribution in [0.4, 0.5) is 0 Å². The second-order valence-electron chi connectivity index (χ2n) is 6.29. The van der Waals surface area contributed by atoms with E-state index in [4.69, 9.17) is 5.73 Å². The third kappa shape index (κ3) is 4.09. The molecule has 0 radical (unpaired) electrons. The number of piperidine rings is 2. The number of nitrogens with zero attached hydrogens (tertiary/aromatic N) is 2. The van der Waals surface area contributed by atoms with E-state index in [9.17, 15) is 4.79 Å². The minimum absolute atomic E-state index is 0. The van der Waals surface area contributed by atoms with Gasteiger partial charge in [0.15, 0.2) is 0 Å². The Labute approximate surface area is 129 Å². The Morgan fingerprint density at radius 3 is 2.35 bits per heavy atom. The second kappa shape index (κ2) is 8.20. The standard InChI is InChI=1S/C15H29N3O.ClH/c1-12-6-5-7-13(2)18(12)15(19)11-17-9-4-3-8-14(17)10-16;/h12-14H,3-11,16H2,1-2H3;1H. The molecule has 5 heteroatoms. The molecule has 3 atom stereocenters. The van der Waals surface area contributed by atoms with Crippen LogP contribution >= 0.6 is 12.4 Å². The van der Waals surface area contributed by atoms with Gasteiger partial charge in [0, 0.05) is 24.7 Å². The topological polar surface area (TPSA) is 49.6 Å². The maximum Gasteiger partial charge on any atom is 0.237 e. The van der Waals surface area contributed by atoms with Gasteiger partial charge in [0.1, 0.15) is 0 Å². The van der Waals surface area contributed by atoms with Crippen molar-refractivity contribution in [1.29, 1.82) is 0 Å². The SMILES string of the molecule is CC1CCCC(C)N1C(=O)CN1CCCCC1CN.Cl. The van der Waals surface area contributed by atoms with Gasteiger partial charge in [-0.15, -0.1) is 12.4 Å². The lowest BCUT2D eigenvalue weighted by Crippen LogP contribution is -2.54. The summed E-state index contributed by atoms with van der Waals surface area (Å²) in [4.78, 5) is 17.0. The van der Waals surface area contributed by atoms with Crippen molar-refractivity contribution >= 4 is 18.3 Å². The highest BCUT2D eigenvalue weighted by Gasteiger charge is 2.31. The molecule has 4 nitrogen and oxygen atoms in total. The molecule has 2 aliphatic rings. The van der Waals surface area contributed by atoms with Crippen LogP contribution in [0.25, 0.3) is 0 Å². The minimum Gasteiger partial charge on any atom is -0.336 e. The number of likely N-dealkylation sites (tertiary alicyclic amines) is 2. The zero-order chi connectivity index (χ0) is 13.8. The van der Waals surface area contributed by atoms with Crippen LogP contribution < -0.4 is 5.73 Å². The maximum atomic E-state index is 12.6. The highest BCUT2D eigenvalue weighted by molar-refractivity contribution is 5.85. The van der Waals surface area contributed by atoms with Gasteiger partial charge in [-0.3, -0.25) is 9.69 Å². The Balaban J connectivity index is 0.00000200. The highest BCUT2D eigenvalue weighted by atomic mass is 35.5.